The fraction of sp³-hybridized carbons (Fsp3) is 0.571. The molecule has 1 nitrogen and oxygen atoms in total. The minimum absolute atomic E-state index is 0.0287. The van der Waals surface area contributed by atoms with Gasteiger partial charge >= 0.3 is 0 Å². The van der Waals surface area contributed by atoms with Gasteiger partial charge in [0.25, 0.3) is 5.92 Å². The van der Waals surface area contributed by atoms with Crippen molar-refractivity contribution in [2.24, 2.45) is 5.92 Å². The van der Waals surface area contributed by atoms with Crippen LogP contribution < -0.4 is 0 Å². The molecule has 1 aromatic carbocycles. The van der Waals surface area contributed by atoms with Gasteiger partial charge in [0.05, 0.1) is 18.4 Å². The SMILES string of the molecule is CC(C)(C)c1ccc([C@@H]2[C@H](CO)C2(F)F)cc1. The number of alkyl halides is 2. The molecule has 1 aliphatic rings. The number of halogens is 2. The maximum Gasteiger partial charge on any atom is 0.261 e. The van der Waals surface area contributed by atoms with E-state index in [-0.39, 0.29) is 5.41 Å². The zero-order chi connectivity index (χ0) is 12.8. The molecule has 0 bridgehead atoms. The van der Waals surface area contributed by atoms with Crippen LogP contribution in [0.25, 0.3) is 0 Å². The summed E-state index contributed by atoms with van der Waals surface area (Å²) in [6.07, 6.45) is 0. The van der Waals surface area contributed by atoms with E-state index in [1.165, 1.54) is 0 Å². The molecule has 0 spiro atoms. The van der Waals surface area contributed by atoms with Crippen molar-refractivity contribution in [2.75, 3.05) is 6.61 Å². The molecule has 1 N–H and O–H groups in total. The molecule has 1 aliphatic carbocycles. The van der Waals surface area contributed by atoms with E-state index in [0.717, 1.165) is 5.56 Å². The summed E-state index contributed by atoms with van der Waals surface area (Å²) in [6.45, 7) is 5.82. The molecular weight excluding hydrogens is 222 g/mol. The Morgan fingerprint density at radius 1 is 1.18 bits per heavy atom. The van der Waals surface area contributed by atoms with Crippen LogP contribution in [0, 0.1) is 5.92 Å². The van der Waals surface area contributed by atoms with Gasteiger partial charge in [0.1, 0.15) is 0 Å². The van der Waals surface area contributed by atoms with Gasteiger partial charge in [-0.2, -0.15) is 0 Å². The van der Waals surface area contributed by atoms with Crippen molar-refractivity contribution in [2.45, 2.75) is 38.0 Å². The molecule has 0 radical (unpaired) electrons. The Kier molecular flexibility index (Phi) is 2.77. The van der Waals surface area contributed by atoms with Gasteiger partial charge in [-0.1, -0.05) is 45.0 Å². The van der Waals surface area contributed by atoms with Gasteiger partial charge in [0, 0.05) is 0 Å². The smallest absolute Gasteiger partial charge is 0.261 e. The Morgan fingerprint density at radius 2 is 1.71 bits per heavy atom. The van der Waals surface area contributed by atoms with Gasteiger partial charge in [-0.05, 0) is 16.5 Å². The lowest BCUT2D eigenvalue weighted by Crippen LogP contribution is -2.10. The van der Waals surface area contributed by atoms with Gasteiger partial charge in [-0.25, -0.2) is 8.78 Å². The second kappa shape index (κ2) is 3.77. The van der Waals surface area contributed by atoms with Crippen molar-refractivity contribution in [3.05, 3.63) is 35.4 Å². The molecule has 0 saturated heterocycles. The molecule has 0 aromatic heterocycles. The third-order valence-electron chi connectivity index (χ3n) is 3.53. The lowest BCUT2D eigenvalue weighted by Gasteiger charge is -2.19. The second-order valence-electron chi connectivity index (χ2n) is 5.81. The second-order valence-corrected chi connectivity index (χ2v) is 5.81. The maximum atomic E-state index is 13.3. The first-order valence-corrected chi connectivity index (χ1v) is 5.87. The van der Waals surface area contributed by atoms with Crippen molar-refractivity contribution in [1.82, 2.24) is 0 Å². The highest BCUT2D eigenvalue weighted by molar-refractivity contribution is 5.36. The summed E-state index contributed by atoms with van der Waals surface area (Å²) in [5, 5.41) is 8.88. The molecule has 2 atom stereocenters. The van der Waals surface area contributed by atoms with Crippen molar-refractivity contribution >= 4 is 0 Å². The van der Waals surface area contributed by atoms with Crippen LogP contribution in [0.1, 0.15) is 37.8 Å². The molecule has 1 fully saturated rings. The lowest BCUT2D eigenvalue weighted by atomic mass is 9.86. The zero-order valence-electron chi connectivity index (χ0n) is 10.4. The van der Waals surface area contributed by atoms with Crippen molar-refractivity contribution < 1.29 is 13.9 Å². The van der Waals surface area contributed by atoms with Gasteiger partial charge in [-0.15, -0.1) is 0 Å². The number of aliphatic hydroxyl groups is 1. The van der Waals surface area contributed by atoms with Crippen LogP contribution in [0.15, 0.2) is 24.3 Å². The monoisotopic (exact) mass is 240 g/mol. The van der Waals surface area contributed by atoms with E-state index < -0.39 is 24.4 Å². The van der Waals surface area contributed by atoms with E-state index >= 15 is 0 Å². The Labute approximate surface area is 100 Å². The van der Waals surface area contributed by atoms with Crippen LogP contribution in [0.3, 0.4) is 0 Å². The molecule has 1 saturated carbocycles. The molecule has 2 rings (SSSR count). The summed E-state index contributed by atoms with van der Waals surface area (Å²) in [5.74, 6) is -4.44. The largest absolute Gasteiger partial charge is 0.396 e. The van der Waals surface area contributed by atoms with Crippen LogP contribution in [0.2, 0.25) is 0 Å². The van der Waals surface area contributed by atoms with E-state index in [1.807, 2.05) is 12.1 Å². The summed E-state index contributed by atoms with van der Waals surface area (Å²) in [6, 6.07) is 7.32. The summed E-state index contributed by atoms with van der Waals surface area (Å²) < 4.78 is 26.6. The van der Waals surface area contributed by atoms with Gasteiger partial charge in [0.15, 0.2) is 0 Å². The summed E-state index contributed by atoms with van der Waals surface area (Å²) in [7, 11) is 0. The topological polar surface area (TPSA) is 20.2 Å². The zero-order valence-corrected chi connectivity index (χ0v) is 10.4. The normalized spacial score (nSPS) is 26.9. The van der Waals surface area contributed by atoms with Crippen LogP contribution in [-0.4, -0.2) is 17.6 Å². The maximum absolute atomic E-state index is 13.3. The van der Waals surface area contributed by atoms with Crippen LogP contribution in [0.5, 0.6) is 0 Å². The molecule has 94 valence electrons. The number of hydrogen-bond acceptors (Lipinski definition) is 1. The average Bonchev–Trinajstić information content (AvgIpc) is 2.79. The van der Waals surface area contributed by atoms with E-state index in [1.54, 1.807) is 12.1 Å². The molecule has 17 heavy (non-hydrogen) atoms. The standard InChI is InChI=1S/C14H18F2O/c1-13(2,3)10-6-4-9(5-7-10)12-11(8-17)14(12,15)16/h4-7,11-12,17H,8H2,1-3H3/t11-,12+/m0/s1. The van der Waals surface area contributed by atoms with Crippen LogP contribution >= 0.6 is 0 Å². The van der Waals surface area contributed by atoms with Crippen molar-refractivity contribution in [1.29, 1.82) is 0 Å². The number of aliphatic hydroxyl groups excluding tert-OH is 1. The molecular formula is C14H18F2O. The molecule has 0 heterocycles. The van der Waals surface area contributed by atoms with Crippen LogP contribution in [0.4, 0.5) is 8.78 Å². The predicted molar refractivity (Wildman–Crippen MR) is 63.4 cm³/mol. The Hall–Kier alpha value is -0.960. The summed E-state index contributed by atoms with van der Waals surface area (Å²) >= 11 is 0. The molecule has 0 aliphatic heterocycles. The quantitative estimate of drug-likeness (QED) is 0.840. The fourth-order valence-corrected chi connectivity index (χ4v) is 2.26. The summed E-state index contributed by atoms with van der Waals surface area (Å²) in [5.41, 5.74) is 1.79. The fourth-order valence-electron chi connectivity index (χ4n) is 2.26. The van der Waals surface area contributed by atoms with Gasteiger partial charge in [0.2, 0.25) is 0 Å². The highest BCUT2D eigenvalue weighted by Gasteiger charge is 2.68. The lowest BCUT2D eigenvalue weighted by molar-refractivity contribution is 0.0785. The summed E-state index contributed by atoms with van der Waals surface area (Å²) in [4.78, 5) is 0. The minimum atomic E-state index is -2.74. The first-order chi connectivity index (χ1) is 7.78. The van der Waals surface area contributed by atoms with Crippen LogP contribution in [-0.2, 0) is 5.41 Å². The first kappa shape index (κ1) is 12.5. The number of rotatable bonds is 2. The van der Waals surface area contributed by atoms with E-state index in [9.17, 15) is 8.78 Å². The third kappa shape index (κ3) is 2.08. The highest BCUT2D eigenvalue weighted by atomic mass is 19.3. The highest BCUT2D eigenvalue weighted by Crippen LogP contribution is 2.61. The first-order valence-electron chi connectivity index (χ1n) is 5.87. The molecule has 3 heteroatoms. The van der Waals surface area contributed by atoms with Crippen molar-refractivity contribution in [3.8, 4) is 0 Å². The van der Waals surface area contributed by atoms with Crippen molar-refractivity contribution in [3.63, 3.8) is 0 Å². The van der Waals surface area contributed by atoms with Gasteiger partial charge in [-0.3, -0.25) is 0 Å². The molecule has 1 aromatic rings. The molecule has 0 unspecified atom stereocenters. The Bertz CT molecular complexity index is 403. The number of hydrogen-bond donors (Lipinski definition) is 1. The predicted octanol–water partition coefficient (Wildman–Crippen LogP) is 3.33. The Balaban J connectivity index is 2.21. The van der Waals surface area contributed by atoms with E-state index in [2.05, 4.69) is 20.8 Å². The van der Waals surface area contributed by atoms with E-state index in [4.69, 9.17) is 5.11 Å². The minimum Gasteiger partial charge on any atom is -0.396 e. The Morgan fingerprint density at radius 3 is 2.06 bits per heavy atom. The third-order valence-corrected chi connectivity index (χ3v) is 3.53. The van der Waals surface area contributed by atoms with Gasteiger partial charge < -0.3 is 5.11 Å². The van der Waals surface area contributed by atoms with E-state index in [0.29, 0.717) is 5.56 Å². The number of benzene rings is 1. The molecule has 0 amide bonds. The average molecular weight is 240 g/mol.